The minimum Gasteiger partial charge on any atom is -0.444 e. The number of nitrogens with zero attached hydrogens (tertiary/aromatic N) is 6. The molecule has 178 valence electrons. The van der Waals surface area contributed by atoms with Gasteiger partial charge in [0.05, 0.1) is 31.2 Å². The van der Waals surface area contributed by atoms with Crippen LogP contribution in [0.15, 0.2) is 23.3 Å². The fourth-order valence-electron chi connectivity index (χ4n) is 4.01. The summed E-state index contributed by atoms with van der Waals surface area (Å²) >= 11 is 5.99. The molecule has 0 radical (unpaired) electrons. The summed E-state index contributed by atoms with van der Waals surface area (Å²) < 4.78 is 21.7. The molecule has 2 aromatic rings. The summed E-state index contributed by atoms with van der Waals surface area (Å²) in [7, 11) is 0. The standard InChI is InChI=1S/C21H26ClFN6O4/c1-21(2,3)33-20(32)27-11-16(18(30)26-5-4-15(23)10-26)29-17(12-27)25-28(19(29)31)9-13-6-14(22)8-24-7-13/h6-8,15-16H,4-5,9-12H2,1-3H3/t15-,16+/m0/s1. The molecule has 2 atom stereocenters. The molecule has 10 nitrogen and oxygen atoms in total. The van der Waals surface area contributed by atoms with E-state index < -0.39 is 35.5 Å². The molecule has 0 spiro atoms. The molecule has 0 N–H and O–H groups in total. The van der Waals surface area contributed by atoms with Crippen LogP contribution in [0.5, 0.6) is 0 Å². The van der Waals surface area contributed by atoms with E-state index in [4.69, 9.17) is 16.3 Å². The minimum absolute atomic E-state index is 0.000462. The number of pyridine rings is 1. The topological polar surface area (TPSA) is 103 Å². The first-order valence-electron chi connectivity index (χ1n) is 10.7. The van der Waals surface area contributed by atoms with Crippen LogP contribution in [0.1, 0.15) is 44.6 Å². The number of rotatable bonds is 3. The number of aromatic nitrogens is 4. The number of fused-ring (bicyclic) bond motifs is 1. The van der Waals surface area contributed by atoms with Gasteiger partial charge in [0.15, 0.2) is 5.82 Å². The molecule has 4 heterocycles. The SMILES string of the molecule is CC(C)(C)OC(=O)N1Cc2nn(Cc3cncc(Cl)c3)c(=O)n2[C@@H](C(=O)N2CC[C@H](F)C2)C1. The molecule has 2 aliphatic rings. The van der Waals surface area contributed by atoms with Crippen molar-refractivity contribution in [2.24, 2.45) is 0 Å². The average molecular weight is 481 g/mol. The predicted octanol–water partition coefficient (Wildman–Crippen LogP) is 2.00. The monoisotopic (exact) mass is 480 g/mol. The second-order valence-corrected chi connectivity index (χ2v) is 9.72. The Morgan fingerprint density at radius 1 is 1.24 bits per heavy atom. The van der Waals surface area contributed by atoms with E-state index in [9.17, 15) is 18.8 Å². The van der Waals surface area contributed by atoms with Crippen molar-refractivity contribution in [3.05, 3.63) is 45.4 Å². The maximum absolute atomic E-state index is 13.8. The van der Waals surface area contributed by atoms with Gasteiger partial charge in [-0.25, -0.2) is 18.7 Å². The summed E-state index contributed by atoms with van der Waals surface area (Å²) in [4.78, 5) is 46.0. The smallest absolute Gasteiger partial charge is 0.410 e. The van der Waals surface area contributed by atoms with Gasteiger partial charge in [0.1, 0.15) is 17.8 Å². The number of alkyl halides is 1. The molecule has 0 unspecified atom stereocenters. The molecule has 4 rings (SSSR count). The second-order valence-electron chi connectivity index (χ2n) is 9.28. The lowest BCUT2D eigenvalue weighted by molar-refractivity contribution is -0.135. The molecule has 1 fully saturated rings. The molecule has 33 heavy (non-hydrogen) atoms. The van der Waals surface area contributed by atoms with Gasteiger partial charge in [0.2, 0.25) is 5.91 Å². The van der Waals surface area contributed by atoms with Gasteiger partial charge in [0.25, 0.3) is 0 Å². The summed E-state index contributed by atoms with van der Waals surface area (Å²) in [6, 6.07) is 0.644. The molecule has 0 bridgehead atoms. The number of halogens is 2. The predicted molar refractivity (Wildman–Crippen MR) is 117 cm³/mol. The van der Waals surface area contributed by atoms with Gasteiger partial charge in [0, 0.05) is 18.9 Å². The van der Waals surface area contributed by atoms with E-state index in [1.54, 1.807) is 33.0 Å². The number of amides is 2. The summed E-state index contributed by atoms with van der Waals surface area (Å²) in [6.07, 6.45) is 1.58. The van der Waals surface area contributed by atoms with Gasteiger partial charge >= 0.3 is 11.8 Å². The third kappa shape index (κ3) is 5.02. The number of hydrogen-bond acceptors (Lipinski definition) is 6. The van der Waals surface area contributed by atoms with Crippen molar-refractivity contribution in [3.8, 4) is 0 Å². The maximum atomic E-state index is 13.8. The Bertz CT molecular complexity index is 1130. The van der Waals surface area contributed by atoms with E-state index in [-0.39, 0.29) is 45.0 Å². The van der Waals surface area contributed by atoms with E-state index in [1.807, 2.05) is 0 Å². The number of carbonyl (C=O) groups excluding carboxylic acids is 2. The minimum atomic E-state index is -1.10. The van der Waals surface area contributed by atoms with E-state index in [0.717, 1.165) is 0 Å². The molecule has 2 aliphatic heterocycles. The molecule has 1 saturated heterocycles. The molecular weight excluding hydrogens is 455 g/mol. The highest BCUT2D eigenvalue weighted by Crippen LogP contribution is 2.25. The highest BCUT2D eigenvalue weighted by molar-refractivity contribution is 6.30. The Hall–Kier alpha value is -2.95. The normalized spacial score (nSPS) is 20.6. The van der Waals surface area contributed by atoms with Crippen LogP contribution in [0, 0.1) is 0 Å². The lowest BCUT2D eigenvalue weighted by Crippen LogP contribution is -2.51. The third-order valence-corrected chi connectivity index (χ3v) is 5.66. The first-order valence-corrected chi connectivity index (χ1v) is 11.1. The van der Waals surface area contributed by atoms with Crippen LogP contribution in [0.2, 0.25) is 5.02 Å². The lowest BCUT2D eigenvalue weighted by atomic mass is 10.1. The van der Waals surface area contributed by atoms with Crippen molar-refractivity contribution in [1.29, 1.82) is 0 Å². The first-order chi connectivity index (χ1) is 15.5. The van der Waals surface area contributed by atoms with Crippen molar-refractivity contribution in [2.75, 3.05) is 19.6 Å². The van der Waals surface area contributed by atoms with Gasteiger partial charge in [-0.05, 0) is 38.8 Å². The summed E-state index contributed by atoms with van der Waals surface area (Å²) in [5.41, 5.74) is -0.571. The average Bonchev–Trinajstić information content (AvgIpc) is 3.29. The molecular formula is C21H26ClFN6O4. The summed E-state index contributed by atoms with van der Waals surface area (Å²) in [5, 5.41) is 4.80. The highest BCUT2D eigenvalue weighted by Gasteiger charge is 2.40. The zero-order valence-electron chi connectivity index (χ0n) is 18.7. The van der Waals surface area contributed by atoms with Crippen molar-refractivity contribution in [1.82, 2.24) is 29.1 Å². The molecule has 2 amide bonds. The zero-order chi connectivity index (χ0) is 23.9. The van der Waals surface area contributed by atoms with Crippen LogP contribution in [-0.2, 0) is 22.6 Å². The van der Waals surface area contributed by atoms with E-state index >= 15 is 0 Å². The van der Waals surface area contributed by atoms with Crippen molar-refractivity contribution in [2.45, 2.75) is 58.1 Å². The summed E-state index contributed by atoms with van der Waals surface area (Å²) in [5.74, 6) is -0.169. The third-order valence-electron chi connectivity index (χ3n) is 5.45. The number of ether oxygens (including phenoxy) is 1. The van der Waals surface area contributed by atoms with Crippen LogP contribution in [-0.4, -0.2) is 72.5 Å². The van der Waals surface area contributed by atoms with Crippen molar-refractivity contribution < 1.29 is 18.7 Å². The molecule has 0 saturated carbocycles. The van der Waals surface area contributed by atoms with Crippen LogP contribution in [0.4, 0.5) is 9.18 Å². The van der Waals surface area contributed by atoms with Crippen LogP contribution in [0.3, 0.4) is 0 Å². The van der Waals surface area contributed by atoms with E-state index in [1.165, 1.54) is 25.2 Å². The number of hydrogen-bond donors (Lipinski definition) is 0. The van der Waals surface area contributed by atoms with Gasteiger partial charge in [-0.3, -0.25) is 19.2 Å². The Labute approximate surface area is 194 Å². The fraction of sp³-hybridized carbons (Fsp3) is 0.571. The van der Waals surface area contributed by atoms with Gasteiger partial charge in [-0.15, -0.1) is 0 Å². The van der Waals surface area contributed by atoms with Crippen LogP contribution >= 0.6 is 11.6 Å². The highest BCUT2D eigenvalue weighted by atomic mass is 35.5. The fourth-order valence-corrected chi connectivity index (χ4v) is 4.21. The van der Waals surface area contributed by atoms with Crippen LogP contribution < -0.4 is 5.69 Å². The molecule has 0 aromatic carbocycles. The quantitative estimate of drug-likeness (QED) is 0.665. The lowest BCUT2D eigenvalue weighted by Gasteiger charge is -2.35. The van der Waals surface area contributed by atoms with Crippen molar-refractivity contribution >= 4 is 23.6 Å². The molecule has 0 aliphatic carbocycles. The number of likely N-dealkylation sites (tertiary alicyclic amines) is 1. The second kappa shape index (κ2) is 8.77. The number of carbonyl (C=O) groups is 2. The Morgan fingerprint density at radius 2 is 2.00 bits per heavy atom. The largest absolute Gasteiger partial charge is 0.444 e. The van der Waals surface area contributed by atoms with Crippen molar-refractivity contribution in [3.63, 3.8) is 0 Å². The van der Waals surface area contributed by atoms with E-state index in [0.29, 0.717) is 10.6 Å². The Morgan fingerprint density at radius 3 is 2.64 bits per heavy atom. The zero-order valence-corrected chi connectivity index (χ0v) is 19.5. The maximum Gasteiger partial charge on any atom is 0.410 e. The van der Waals surface area contributed by atoms with Gasteiger partial charge in [-0.1, -0.05) is 11.6 Å². The Balaban J connectivity index is 1.68. The summed E-state index contributed by atoms with van der Waals surface area (Å²) in [6.45, 7) is 5.48. The van der Waals surface area contributed by atoms with E-state index in [2.05, 4.69) is 10.1 Å². The van der Waals surface area contributed by atoms with Gasteiger partial charge < -0.3 is 9.64 Å². The molecule has 2 aromatic heterocycles. The van der Waals surface area contributed by atoms with Gasteiger partial charge in [-0.2, -0.15) is 5.10 Å². The first kappa shape index (κ1) is 23.2. The van der Waals surface area contributed by atoms with Crippen LogP contribution in [0.25, 0.3) is 0 Å². The Kier molecular flexibility index (Phi) is 6.17. The molecule has 12 heteroatoms.